The molecule has 0 atom stereocenters. The molecule has 4 N–H and O–H groups in total. The van der Waals surface area contributed by atoms with E-state index in [1.807, 2.05) is 194 Å². The van der Waals surface area contributed by atoms with Crippen molar-refractivity contribution < 1.29 is 0 Å². The third-order valence-electron chi connectivity index (χ3n) is 14.9. The van der Waals surface area contributed by atoms with E-state index in [9.17, 15) is 0 Å². The largest absolute Gasteiger partial charge is 0.324 e. The Bertz CT molecular complexity index is 4400. The lowest BCUT2D eigenvalue weighted by atomic mass is 10.1. The van der Waals surface area contributed by atoms with Gasteiger partial charge in [0.2, 0.25) is 0 Å². The van der Waals surface area contributed by atoms with Crippen LogP contribution in [0, 0.1) is 0 Å². The second-order valence-corrected chi connectivity index (χ2v) is 19.6. The molecule has 0 aliphatic carbocycles. The maximum absolute atomic E-state index is 5.02. The highest BCUT2D eigenvalue weighted by Crippen LogP contribution is 2.39. The molecule has 0 radical (unpaired) electrons. The van der Waals surface area contributed by atoms with E-state index in [-0.39, 0.29) is 24.8 Å². The number of halogens is 2. The summed E-state index contributed by atoms with van der Waals surface area (Å²) in [5.41, 5.74) is 12.9. The van der Waals surface area contributed by atoms with E-state index >= 15 is 0 Å². The summed E-state index contributed by atoms with van der Waals surface area (Å²) in [5, 5.41) is 7.64. The fraction of sp³-hybridized carbons (Fsp3) is 0. The van der Waals surface area contributed by atoms with E-state index in [0.717, 1.165) is 87.6 Å². The van der Waals surface area contributed by atoms with Crippen molar-refractivity contribution in [1.29, 1.82) is 0 Å². The molecule has 0 fully saturated rings. The summed E-state index contributed by atoms with van der Waals surface area (Å²) >= 11 is 0. The second kappa shape index (κ2) is 18.9. The van der Waals surface area contributed by atoms with Crippen molar-refractivity contribution in [2.45, 2.75) is 0 Å². The van der Waals surface area contributed by atoms with Crippen LogP contribution < -0.4 is 0 Å². The van der Waals surface area contributed by atoms with Crippen molar-refractivity contribution in [2.24, 2.45) is 0 Å². The van der Waals surface area contributed by atoms with Crippen LogP contribution in [0.4, 0.5) is 0 Å². The average molecular weight is 1100 g/mol. The molecular formula is C64H38Cl2N16. The normalized spacial score (nSPS) is 11.7. The molecule has 14 aromatic rings. The number of benzene rings is 8. The summed E-state index contributed by atoms with van der Waals surface area (Å²) in [4.78, 5) is 73.5. The van der Waals surface area contributed by atoms with Crippen molar-refractivity contribution in [3.05, 3.63) is 194 Å². The first kappa shape index (κ1) is 48.2. The van der Waals surface area contributed by atoms with Gasteiger partial charge in [-0.25, -0.2) is 59.8 Å². The zero-order valence-corrected chi connectivity index (χ0v) is 44.3. The van der Waals surface area contributed by atoms with Crippen LogP contribution in [0.3, 0.4) is 0 Å². The van der Waals surface area contributed by atoms with Gasteiger partial charge in [-0.2, -0.15) is 0 Å². The quantitative estimate of drug-likeness (QED) is 0.111. The van der Waals surface area contributed by atoms with Gasteiger partial charge >= 0.3 is 0 Å². The Hall–Kier alpha value is -10.9. The molecular weight excluding hydrogens is 1060 g/mol. The molecule has 18 heteroatoms. The van der Waals surface area contributed by atoms with Crippen LogP contribution in [0.1, 0.15) is 0 Å². The fourth-order valence-corrected chi connectivity index (χ4v) is 11.2. The molecule has 4 aliphatic heterocycles. The first-order valence-corrected chi connectivity index (χ1v) is 26.0. The minimum atomic E-state index is 0. The zero-order chi connectivity index (χ0) is 52.4. The molecule has 388 valence electrons. The van der Waals surface area contributed by atoms with Crippen LogP contribution in [0.25, 0.3) is 179 Å². The zero-order valence-electron chi connectivity index (χ0n) is 42.7. The van der Waals surface area contributed by atoms with Crippen molar-refractivity contribution in [3.8, 4) is 91.1 Å². The molecule has 6 aromatic heterocycles. The Labute approximate surface area is 475 Å². The lowest BCUT2D eigenvalue weighted by molar-refractivity contribution is 1.19. The summed E-state index contributed by atoms with van der Waals surface area (Å²) in [7, 11) is 0. The lowest BCUT2D eigenvalue weighted by Gasteiger charge is -1.96. The van der Waals surface area contributed by atoms with Crippen molar-refractivity contribution in [3.63, 3.8) is 0 Å². The predicted molar refractivity (Wildman–Crippen MR) is 327 cm³/mol. The van der Waals surface area contributed by atoms with E-state index in [1.165, 1.54) is 0 Å². The van der Waals surface area contributed by atoms with E-state index in [2.05, 4.69) is 19.9 Å². The number of nitrogens with one attached hydrogen (secondary N) is 4. The number of H-pyrrole nitrogens is 4. The SMILES string of the molecule is Cl.Cl.c1ccc2c(c1)-c1nc-2nc2[nH]c(nc3nc(nc4[nH]c(n1)c1ccccc41)-c1ccccc1-3)c1ccccc21.c1ccc2c(c1)-c1nc-2nc2[nH]c(nc3nc(nc4[nH]c(n1)c1ccccc41)-c1ccccc1-3)c1ccccc21. The van der Waals surface area contributed by atoms with Gasteiger partial charge in [0.1, 0.15) is 45.2 Å². The van der Waals surface area contributed by atoms with Gasteiger partial charge < -0.3 is 19.9 Å². The first-order valence-electron chi connectivity index (χ1n) is 26.0. The molecule has 0 saturated heterocycles. The predicted octanol–water partition coefficient (Wildman–Crippen LogP) is 14.6. The molecule has 0 unspecified atom stereocenters. The third kappa shape index (κ3) is 7.61. The Morgan fingerprint density at radius 2 is 0.280 bits per heavy atom. The van der Waals surface area contributed by atoms with Crippen molar-refractivity contribution in [2.75, 3.05) is 0 Å². The summed E-state index contributed by atoms with van der Waals surface area (Å²) in [6.45, 7) is 0. The van der Waals surface area contributed by atoms with E-state index in [1.54, 1.807) is 0 Å². The first-order chi connectivity index (χ1) is 39.6. The highest BCUT2D eigenvalue weighted by atomic mass is 35.5. The van der Waals surface area contributed by atoms with Gasteiger partial charge in [-0.1, -0.05) is 194 Å². The van der Waals surface area contributed by atoms with Gasteiger partial charge in [-0.05, 0) is 0 Å². The van der Waals surface area contributed by atoms with Gasteiger partial charge in [0.15, 0.2) is 46.6 Å². The molecule has 0 spiro atoms. The molecule has 16 bridgehead atoms. The van der Waals surface area contributed by atoms with E-state index in [0.29, 0.717) is 91.8 Å². The minimum absolute atomic E-state index is 0. The summed E-state index contributed by atoms with van der Waals surface area (Å²) < 4.78 is 0. The fourth-order valence-electron chi connectivity index (χ4n) is 11.2. The number of hydrogen-bond acceptors (Lipinski definition) is 12. The molecule has 82 heavy (non-hydrogen) atoms. The van der Waals surface area contributed by atoms with Crippen LogP contribution >= 0.6 is 24.8 Å². The maximum atomic E-state index is 5.02. The van der Waals surface area contributed by atoms with Gasteiger partial charge in [0.25, 0.3) is 0 Å². The topological polar surface area (TPSA) is 218 Å². The maximum Gasteiger partial charge on any atom is 0.164 e. The minimum Gasteiger partial charge on any atom is -0.324 e. The monoisotopic (exact) mass is 1100 g/mol. The van der Waals surface area contributed by atoms with Crippen LogP contribution in [-0.4, -0.2) is 79.7 Å². The lowest BCUT2D eigenvalue weighted by Crippen LogP contribution is -1.83. The standard InChI is InChI=1S/2C32H18N8.2ClH/c2*1-2-10-18-17(9-1)25-33-26(18)38-28-21-13-5-6-14-22(21)30(35-28)40-32-24-16-8-7-15-23(24)31(36-32)39-29-20-12-4-3-11-19(20)27(34-29)37-25;;/h2*1-16H,(H2,33,34,35,36,37,38,39,40);2*1H. The van der Waals surface area contributed by atoms with Crippen molar-refractivity contribution >= 4 is 113 Å². The highest BCUT2D eigenvalue weighted by molar-refractivity contribution is 6.08. The van der Waals surface area contributed by atoms with Gasteiger partial charge in [0, 0.05) is 87.6 Å². The summed E-state index contributed by atoms with van der Waals surface area (Å²) in [5.74, 6) is 4.78. The summed E-state index contributed by atoms with van der Waals surface area (Å²) in [6, 6.07) is 64.5. The summed E-state index contributed by atoms with van der Waals surface area (Å²) in [6.07, 6.45) is 0. The smallest absolute Gasteiger partial charge is 0.164 e. The molecule has 0 amide bonds. The van der Waals surface area contributed by atoms with Crippen LogP contribution in [-0.2, 0) is 0 Å². The van der Waals surface area contributed by atoms with Crippen molar-refractivity contribution in [1.82, 2.24) is 79.7 Å². The molecule has 16 nitrogen and oxygen atoms in total. The number of rotatable bonds is 0. The Morgan fingerprint density at radius 3 is 0.415 bits per heavy atom. The molecule has 18 rings (SSSR count). The van der Waals surface area contributed by atoms with Gasteiger partial charge in [0.05, 0.1) is 0 Å². The van der Waals surface area contributed by atoms with Crippen LogP contribution in [0.15, 0.2) is 194 Å². The van der Waals surface area contributed by atoms with Crippen LogP contribution in [0.2, 0.25) is 0 Å². The Kier molecular flexibility index (Phi) is 11.1. The third-order valence-corrected chi connectivity index (χ3v) is 14.9. The number of nitrogens with zero attached hydrogens (tertiary/aromatic N) is 12. The molecule has 0 saturated carbocycles. The van der Waals surface area contributed by atoms with Gasteiger partial charge in [-0.15, -0.1) is 24.8 Å². The van der Waals surface area contributed by atoms with E-state index in [4.69, 9.17) is 59.8 Å². The molecule has 10 heterocycles. The molecule has 4 aliphatic rings. The number of aromatic amines is 4. The van der Waals surface area contributed by atoms with Crippen LogP contribution in [0.5, 0.6) is 0 Å². The number of aromatic nitrogens is 16. The average Bonchev–Trinajstić information content (AvgIpc) is 4.59. The van der Waals surface area contributed by atoms with Gasteiger partial charge in [-0.3, -0.25) is 0 Å². The highest BCUT2D eigenvalue weighted by Gasteiger charge is 2.24. The Balaban J connectivity index is 0.000000137. The number of hydrogen-bond donors (Lipinski definition) is 4. The Morgan fingerprint density at radius 1 is 0.159 bits per heavy atom. The second-order valence-electron chi connectivity index (χ2n) is 19.6. The molecule has 8 aromatic carbocycles. The number of fused-ring (bicyclic) bond motifs is 40. The van der Waals surface area contributed by atoms with E-state index < -0.39 is 0 Å².